The van der Waals surface area contributed by atoms with E-state index < -0.39 is 77.8 Å². The van der Waals surface area contributed by atoms with Crippen LogP contribution in [0.3, 0.4) is 0 Å². The number of fused-ring (bicyclic) bond motifs is 3. The van der Waals surface area contributed by atoms with Crippen molar-refractivity contribution in [3.8, 4) is 0 Å². The van der Waals surface area contributed by atoms with Gasteiger partial charge in [0.15, 0.2) is 0 Å². The fourth-order valence-corrected chi connectivity index (χ4v) is 8.82. The number of rotatable bonds is 14. The summed E-state index contributed by atoms with van der Waals surface area (Å²) in [5.41, 5.74) is 5.37. The lowest BCUT2D eigenvalue weighted by Crippen LogP contribution is -2.50. The molecule has 0 aliphatic heterocycles. The minimum absolute atomic E-state index is 0.0883. The second-order valence-corrected chi connectivity index (χ2v) is 16.7. The van der Waals surface area contributed by atoms with Gasteiger partial charge in [0.1, 0.15) is 48.4 Å². The van der Waals surface area contributed by atoms with Crippen LogP contribution in [0.15, 0.2) is 113 Å². The van der Waals surface area contributed by atoms with Crippen molar-refractivity contribution in [1.29, 1.82) is 0 Å². The van der Waals surface area contributed by atoms with Crippen molar-refractivity contribution in [3.05, 3.63) is 153 Å². The highest BCUT2D eigenvalue weighted by Gasteiger charge is 2.29. The molecule has 2 N–H and O–H groups in total. The molecule has 0 spiro atoms. The molecule has 0 radical (unpaired) electrons. The third kappa shape index (κ3) is 9.40. The number of imidazole rings is 1. The summed E-state index contributed by atoms with van der Waals surface area (Å²) in [4.78, 5) is 81.1. The zero-order valence-electron chi connectivity index (χ0n) is 33.9. The number of thiazole rings is 2. The van der Waals surface area contributed by atoms with Crippen molar-refractivity contribution in [1.82, 2.24) is 29.7 Å². The van der Waals surface area contributed by atoms with Gasteiger partial charge >= 0.3 is 5.69 Å². The normalized spacial score (nSPS) is 12.3. The second kappa shape index (κ2) is 18.2. The van der Waals surface area contributed by atoms with E-state index in [0.29, 0.717) is 34.5 Å². The lowest BCUT2D eigenvalue weighted by Gasteiger charge is -2.25. The van der Waals surface area contributed by atoms with Crippen molar-refractivity contribution in [2.45, 2.75) is 38.0 Å². The molecule has 5 aromatic carbocycles. The number of hydrogen-bond donors (Lipinski definition) is 2. The Morgan fingerprint density at radius 1 is 0.594 bits per heavy atom. The molecule has 13 nitrogen and oxygen atoms in total. The van der Waals surface area contributed by atoms with Gasteiger partial charge in [-0.2, -0.15) is 0 Å². The Morgan fingerprint density at radius 2 is 0.984 bits per heavy atom. The van der Waals surface area contributed by atoms with E-state index in [1.807, 2.05) is 0 Å². The molecule has 4 amide bonds. The fraction of sp³-hybridized carbons (Fsp3) is 0.178. The van der Waals surface area contributed by atoms with Crippen LogP contribution in [0.5, 0.6) is 0 Å². The van der Waals surface area contributed by atoms with Crippen LogP contribution in [0.2, 0.25) is 0 Å². The molecule has 0 saturated heterocycles. The largest absolute Gasteiger partial charge is 0.342 e. The molecule has 0 fully saturated rings. The molecule has 326 valence electrons. The van der Waals surface area contributed by atoms with Gasteiger partial charge in [-0.1, -0.05) is 12.1 Å². The van der Waals surface area contributed by atoms with Gasteiger partial charge in [0.05, 0.1) is 42.5 Å². The molecule has 3 aromatic heterocycles. The lowest BCUT2D eigenvalue weighted by atomic mass is 10.0. The number of hydrogen-bond acceptors (Lipinski definition) is 9. The first kappa shape index (κ1) is 43.4. The number of amides is 4. The molecule has 64 heavy (non-hydrogen) atoms. The van der Waals surface area contributed by atoms with Gasteiger partial charge < -0.3 is 20.4 Å². The smallest absolute Gasteiger partial charge is 0.330 e. The molecule has 8 aromatic rings. The molecule has 1 unspecified atom stereocenters. The van der Waals surface area contributed by atoms with E-state index in [1.165, 1.54) is 46.6 Å². The number of carbonyl (C=O) groups excluding carboxylic acids is 4. The summed E-state index contributed by atoms with van der Waals surface area (Å²) in [6.45, 7) is -1.27. The van der Waals surface area contributed by atoms with Gasteiger partial charge in [-0.05, 0) is 83.9 Å². The molecule has 0 bridgehead atoms. The summed E-state index contributed by atoms with van der Waals surface area (Å²) >= 11 is 2.83. The summed E-state index contributed by atoms with van der Waals surface area (Å²) in [6, 6.07) is 19.5. The maximum Gasteiger partial charge on any atom is 0.330 e. The minimum Gasteiger partial charge on any atom is -0.342 e. The Morgan fingerprint density at radius 3 is 1.38 bits per heavy atom. The first-order valence-electron chi connectivity index (χ1n) is 19.6. The Labute approximate surface area is 369 Å². The van der Waals surface area contributed by atoms with Crippen LogP contribution in [0.4, 0.5) is 28.9 Å². The van der Waals surface area contributed by atoms with E-state index in [-0.39, 0.29) is 35.0 Å². The molecule has 0 saturated carbocycles. The van der Waals surface area contributed by atoms with Crippen LogP contribution in [-0.2, 0) is 45.1 Å². The molecule has 2 atom stereocenters. The van der Waals surface area contributed by atoms with Crippen molar-refractivity contribution >= 4 is 89.1 Å². The fourth-order valence-electron chi connectivity index (χ4n) is 7.51. The summed E-state index contributed by atoms with van der Waals surface area (Å²) in [6.07, 6.45) is -0.619. The van der Waals surface area contributed by atoms with Crippen molar-refractivity contribution in [2.75, 3.05) is 23.9 Å². The molecule has 0 aliphatic carbocycles. The van der Waals surface area contributed by atoms with Crippen LogP contribution in [0.25, 0.3) is 31.5 Å². The number of likely N-dealkylation sites (N-methyl/N-ethyl adjacent to an activating group) is 2. The molecule has 3 heterocycles. The summed E-state index contributed by atoms with van der Waals surface area (Å²) < 4.78 is 61.1. The highest BCUT2D eigenvalue weighted by Crippen LogP contribution is 2.26. The lowest BCUT2D eigenvalue weighted by molar-refractivity contribution is -0.128. The van der Waals surface area contributed by atoms with E-state index >= 15 is 0 Å². The molecule has 0 aliphatic rings. The summed E-state index contributed by atoms with van der Waals surface area (Å²) in [5, 5.41) is 5.29. The minimum atomic E-state index is -1.36. The molecular weight excluding hydrogens is 873 g/mol. The van der Waals surface area contributed by atoms with E-state index in [4.69, 9.17) is 0 Å². The Bertz CT molecular complexity index is 2920. The van der Waals surface area contributed by atoms with Gasteiger partial charge in [-0.25, -0.2) is 32.3 Å². The third-order valence-electron chi connectivity index (χ3n) is 10.6. The van der Waals surface area contributed by atoms with E-state index in [9.17, 15) is 41.5 Å². The quantitative estimate of drug-likeness (QED) is 0.121. The number of nitrogens with one attached hydrogen (secondary N) is 2. The number of anilines is 2. The van der Waals surface area contributed by atoms with Gasteiger partial charge in [-0.15, -0.1) is 22.7 Å². The number of nitrogens with zero attached hydrogens (tertiary/aromatic N) is 6. The molecule has 19 heteroatoms. The predicted octanol–water partition coefficient (Wildman–Crippen LogP) is 6.36. The van der Waals surface area contributed by atoms with Crippen LogP contribution < -0.4 is 26.1 Å². The summed E-state index contributed by atoms with van der Waals surface area (Å²) in [7, 11) is 2.97. The zero-order chi connectivity index (χ0) is 45.2. The van der Waals surface area contributed by atoms with Crippen LogP contribution >= 0.6 is 22.7 Å². The van der Waals surface area contributed by atoms with Crippen molar-refractivity contribution in [2.24, 2.45) is 0 Å². The second-order valence-electron chi connectivity index (χ2n) is 15.0. The van der Waals surface area contributed by atoms with Crippen molar-refractivity contribution in [3.63, 3.8) is 0 Å². The number of halogens is 4. The van der Waals surface area contributed by atoms with Gasteiger partial charge in [0, 0.05) is 50.4 Å². The topological polar surface area (TPSA) is 152 Å². The Hall–Kier alpha value is -7.25. The summed E-state index contributed by atoms with van der Waals surface area (Å²) in [5.74, 6) is -6.37. The zero-order valence-corrected chi connectivity index (χ0v) is 35.6. The number of benzene rings is 5. The standard InChI is InChI=1S/C45H36F4N8O5S2/c1-54(31-7-9-39-33(19-31)50-23-63-39)43(60)35(15-25-11-27(46)17-28(47)12-25)52-41(58)21-56-37-5-3-4-6-38(37)57(45(56)62)22-42(59)53-36(16-26-13-29(48)18-30(49)14-26)44(61)55(2)32-8-10-40-34(20-32)51-24-64-40/h3-14,17-20,23-24,35-36H,15-16,21-22H2,1-2H3,(H,52,58)(H,53,59)/t35-,36?/m0/s1. The third-order valence-corrected chi connectivity index (χ3v) is 12.2. The van der Waals surface area contributed by atoms with Crippen LogP contribution in [-0.4, -0.2) is 68.9 Å². The molecular formula is C45H36F4N8O5S2. The highest BCUT2D eigenvalue weighted by molar-refractivity contribution is 7.17. The maximum atomic E-state index is 14.3. The van der Waals surface area contributed by atoms with E-state index in [2.05, 4.69) is 20.6 Å². The Balaban J connectivity index is 1.04. The first-order chi connectivity index (χ1) is 30.7. The predicted molar refractivity (Wildman–Crippen MR) is 236 cm³/mol. The van der Waals surface area contributed by atoms with Gasteiger partial charge in [0.2, 0.25) is 23.6 Å². The SMILES string of the molecule is CN(C(=O)C(Cc1cc(F)cc(F)c1)NC(=O)Cn1c(=O)n(CC(=O)N[C@@H](Cc2cc(F)cc(F)c2)C(=O)N(C)c2ccc3scnc3c2)c2ccccc21)c1ccc2scnc2c1. The monoisotopic (exact) mass is 908 g/mol. The highest BCUT2D eigenvalue weighted by atomic mass is 32.1. The number of aromatic nitrogens is 4. The average Bonchev–Trinajstić information content (AvgIpc) is 3.99. The van der Waals surface area contributed by atoms with Crippen LogP contribution in [0, 0.1) is 23.3 Å². The first-order valence-corrected chi connectivity index (χ1v) is 21.3. The van der Waals surface area contributed by atoms with Gasteiger partial charge in [-0.3, -0.25) is 28.3 Å². The van der Waals surface area contributed by atoms with E-state index in [0.717, 1.165) is 42.8 Å². The van der Waals surface area contributed by atoms with Crippen molar-refractivity contribution < 1.29 is 36.7 Å². The van der Waals surface area contributed by atoms with E-state index in [1.54, 1.807) is 71.7 Å². The Kier molecular flexibility index (Phi) is 12.4. The number of carbonyl (C=O) groups is 4. The van der Waals surface area contributed by atoms with Crippen LogP contribution in [0.1, 0.15) is 11.1 Å². The molecule has 8 rings (SSSR count). The number of para-hydroxylation sites is 2. The van der Waals surface area contributed by atoms with Gasteiger partial charge in [0.25, 0.3) is 0 Å². The average molecular weight is 909 g/mol. The maximum absolute atomic E-state index is 14.3.